The van der Waals surface area contributed by atoms with Crippen LogP contribution in [0.1, 0.15) is 18.9 Å². The fourth-order valence-electron chi connectivity index (χ4n) is 2.46. The summed E-state index contributed by atoms with van der Waals surface area (Å²) in [7, 11) is 0. The lowest BCUT2D eigenvalue weighted by Gasteiger charge is -2.15. The zero-order valence-corrected chi connectivity index (χ0v) is 12.2. The highest BCUT2D eigenvalue weighted by atomic mass is 35.5. The molecule has 104 valence electrons. The Hall–Kier alpha value is -1.46. The van der Waals surface area contributed by atoms with Crippen molar-refractivity contribution in [2.24, 2.45) is 0 Å². The topological polar surface area (TPSA) is 55.1 Å². The molecule has 1 heterocycles. The van der Waals surface area contributed by atoms with E-state index in [2.05, 4.69) is 21.7 Å². The number of hydrogen-bond donors (Lipinski definition) is 1. The third-order valence-electron chi connectivity index (χ3n) is 3.31. The van der Waals surface area contributed by atoms with Gasteiger partial charge in [0.15, 0.2) is 5.16 Å². The molecular weight excluding hydrogens is 296 g/mol. The third kappa shape index (κ3) is 2.43. The average molecular weight is 309 g/mol. The largest absolute Gasteiger partial charge is 0.481 e. The smallest absolute Gasteiger partial charge is 0.313 e. The number of carbonyl (C=O) groups is 1. The number of aromatic nitrogens is 2. The van der Waals surface area contributed by atoms with Crippen LogP contribution in [0.2, 0.25) is 5.02 Å². The van der Waals surface area contributed by atoms with E-state index in [1.807, 2.05) is 12.1 Å². The van der Waals surface area contributed by atoms with Crippen LogP contribution in [-0.4, -0.2) is 26.4 Å². The van der Waals surface area contributed by atoms with Gasteiger partial charge in [0, 0.05) is 6.04 Å². The molecule has 6 heteroatoms. The number of thioether (sulfide) groups is 1. The first-order chi connectivity index (χ1) is 9.66. The molecule has 0 saturated heterocycles. The van der Waals surface area contributed by atoms with Gasteiger partial charge in [-0.1, -0.05) is 41.6 Å². The molecule has 1 N–H and O–H groups in total. The molecular formula is C14H13ClN2O2S. The molecule has 0 radical (unpaired) electrons. The highest BCUT2D eigenvalue weighted by Crippen LogP contribution is 2.35. The second kappa shape index (κ2) is 5.50. The lowest BCUT2D eigenvalue weighted by Crippen LogP contribution is -2.08. The second-order valence-corrected chi connectivity index (χ2v) is 6.00. The molecule has 0 fully saturated rings. The van der Waals surface area contributed by atoms with Crippen LogP contribution < -0.4 is 0 Å². The van der Waals surface area contributed by atoms with Gasteiger partial charge in [-0.3, -0.25) is 4.79 Å². The molecule has 3 rings (SSSR count). The minimum Gasteiger partial charge on any atom is -0.481 e. The van der Waals surface area contributed by atoms with Gasteiger partial charge in [-0.15, -0.1) is 0 Å². The monoisotopic (exact) mass is 308 g/mol. The van der Waals surface area contributed by atoms with E-state index < -0.39 is 5.97 Å². The van der Waals surface area contributed by atoms with Gasteiger partial charge in [0.1, 0.15) is 5.52 Å². The normalized spacial score (nSPS) is 15.2. The average Bonchev–Trinajstić information content (AvgIpc) is 3.03. The summed E-state index contributed by atoms with van der Waals surface area (Å²) in [5.41, 5.74) is 1.72. The summed E-state index contributed by atoms with van der Waals surface area (Å²) >= 11 is 7.44. The third-order valence-corrected chi connectivity index (χ3v) is 4.55. The number of para-hydroxylation sites is 1. The Labute approximate surface area is 125 Å². The van der Waals surface area contributed by atoms with Crippen LogP contribution >= 0.6 is 23.4 Å². The number of fused-ring (bicyclic) bond motifs is 1. The fourth-order valence-corrected chi connectivity index (χ4v) is 3.46. The molecule has 0 saturated carbocycles. The van der Waals surface area contributed by atoms with Crippen molar-refractivity contribution >= 4 is 40.4 Å². The molecule has 1 aliphatic carbocycles. The number of carboxylic acid groups (broad SMARTS) is 1. The Morgan fingerprint density at radius 1 is 1.45 bits per heavy atom. The highest BCUT2D eigenvalue weighted by molar-refractivity contribution is 7.99. The zero-order valence-electron chi connectivity index (χ0n) is 10.6. The van der Waals surface area contributed by atoms with Crippen molar-refractivity contribution in [3.05, 3.63) is 35.4 Å². The number of imidazole rings is 1. The van der Waals surface area contributed by atoms with E-state index in [9.17, 15) is 4.79 Å². The predicted molar refractivity (Wildman–Crippen MR) is 80.5 cm³/mol. The van der Waals surface area contributed by atoms with E-state index in [0.717, 1.165) is 29.0 Å². The number of aliphatic carboxylic acids is 1. The van der Waals surface area contributed by atoms with Crippen LogP contribution in [0.3, 0.4) is 0 Å². The maximum absolute atomic E-state index is 10.8. The fraction of sp³-hybridized carbons (Fsp3) is 0.286. The van der Waals surface area contributed by atoms with Crippen molar-refractivity contribution in [3.8, 4) is 0 Å². The van der Waals surface area contributed by atoms with Crippen molar-refractivity contribution < 1.29 is 9.90 Å². The Balaban J connectivity index is 2.08. The molecule has 1 aromatic heterocycles. The number of carboxylic acids is 1. The first-order valence-corrected chi connectivity index (χ1v) is 7.69. The van der Waals surface area contributed by atoms with Crippen LogP contribution in [0.4, 0.5) is 0 Å². The number of nitrogens with zero attached hydrogens (tertiary/aromatic N) is 2. The van der Waals surface area contributed by atoms with Gasteiger partial charge >= 0.3 is 5.97 Å². The van der Waals surface area contributed by atoms with Crippen molar-refractivity contribution in [1.82, 2.24) is 9.55 Å². The molecule has 0 amide bonds. The zero-order chi connectivity index (χ0) is 14.1. The van der Waals surface area contributed by atoms with Crippen LogP contribution in [0.5, 0.6) is 0 Å². The van der Waals surface area contributed by atoms with E-state index in [1.54, 1.807) is 6.07 Å². The maximum atomic E-state index is 10.8. The van der Waals surface area contributed by atoms with E-state index in [0.29, 0.717) is 11.1 Å². The molecule has 0 aliphatic heterocycles. The summed E-state index contributed by atoms with van der Waals surface area (Å²) in [5.74, 6) is -0.842. The van der Waals surface area contributed by atoms with Gasteiger partial charge in [0.05, 0.1) is 16.3 Å². The molecule has 20 heavy (non-hydrogen) atoms. The summed E-state index contributed by atoms with van der Waals surface area (Å²) in [6.07, 6.45) is 6.18. The maximum Gasteiger partial charge on any atom is 0.313 e. The first kappa shape index (κ1) is 13.5. The van der Waals surface area contributed by atoms with E-state index in [4.69, 9.17) is 16.7 Å². The van der Waals surface area contributed by atoms with Crippen molar-refractivity contribution in [2.45, 2.75) is 24.0 Å². The van der Waals surface area contributed by atoms with E-state index in [-0.39, 0.29) is 5.75 Å². The lowest BCUT2D eigenvalue weighted by atomic mass is 10.2. The minimum atomic E-state index is -0.843. The molecule has 0 bridgehead atoms. The number of rotatable bonds is 4. The molecule has 4 nitrogen and oxygen atoms in total. The minimum absolute atomic E-state index is 0.00108. The van der Waals surface area contributed by atoms with Gasteiger partial charge < -0.3 is 9.67 Å². The lowest BCUT2D eigenvalue weighted by molar-refractivity contribution is -0.133. The summed E-state index contributed by atoms with van der Waals surface area (Å²) < 4.78 is 2.12. The van der Waals surface area contributed by atoms with E-state index >= 15 is 0 Å². The van der Waals surface area contributed by atoms with E-state index in [1.165, 1.54) is 11.8 Å². The van der Waals surface area contributed by atoms with Gasteiger partial charge in [-0.25, -0.2) is 4.98 Å². The van der Waals surface area contributed by atoms with Crippen molar-refractivity contribution in [2.75, 3.05) is 5.75 Å². The van der Waals surface area contributed by atoms with Crippen LogP contribution in [-0.2, 0) is 4.79 Å². The van der Waals surface area contributed by atoms with Crippen LogP contribution in [0.25, 0.3) is 11.0 Å². The molecule has 0 atom stereocenters. The summed E-state index contributed by atoms with van der Waals surface area (Å²) in [4.78, 5) is 15.3. The molecule has 1 aromatic carbocycles. The Kier molecular flexibility index (Phi) is 3.72. The summed E-state index contributed by atoms with van der Waals surface area (Å²) in [6, 6.07) is 5.99. The Bertz CT molecular complexity index is 688. The molecule has 0 spiro atoms. The number of allylic oxidation sites excluding steroid dienone is 2. The van der Waals surface area contributed by atoms with Gasteiger partial charge in [-0.2, -0.15) is 0 Å². The SMILES string of the molecule is O=C(O)CSc1nc2c(Cl)cccc2n1C1CC=CC1. The van der Waals surface area contributed by atoms with Gasteiger partial charge in [0.25, 0.3) is 0 Å². The standard InChI is InChI=1S/C14H13ClN2O2S/c15-10-6-3-7-11-13(10)16-14(20-8-12(18)19)17(11)9-4-1-2-5-9/h1-3,6-7,9H,4-5,8H2,(H,18,19). The quantitative estimate of drug-likeness (QED) is 0.690. The summed E-state index contributed by atoms with van der Waals surface area (Å²) in [5, 5.41) is 10.2. The van der Waals surface area contributed by atoms with Gasteiger partial charge in [0.2, 0.25) is 0 Å². The van der Waals surface area contributed by atoms with Crippen LogP contribution in [0.15, 0.2) is 35.5 Å². The highest BCUT2D eigenvalue weighted by Gasteiger charge is 2.21. The second-order valence-electron chi connectivity index (χ2n) is 4.65. The van der Waals surface area contributed by atoms with Crippen molar-refractivity contribution in [1.29, 1.82) is 0 Å². The molecule has 1 aliphatic rings. The number of benzene rings is 1. The van der Waals surface area contributed by atoms with Crippen LogP contribution in [0, 0.1) is 0 Å². The van der Waals surface area contributed by atoms with Crippen molar-refractivity contribution in [3.63, 3.8) is 0 Å². The number of hydrogen-bond acceptors (Lipinski definition) is 3. The molecule has 2 aromatic rings. The first-order valence-electron chi connectivity index (χ1n) is 6.33. The van der Waals surface area contributed by atoms with Gasteiger partial charge in [-0.05, 0) is 25.0 Å². The Morgan fingerprint density at radius 3 is 2.90 bits per heavy atom. The summed E-state index contributed by atoms with van der Waals surface area (Å²) in [6.45, 7) is 0. The molecule has 0 unspecified atom stereocenters. The predicted octanol–water partition coefficient (Wildman–Crippen LogP) is 3.76. The Morgan fingerprint density at radius 2 is 2.20 bits per heavy atom. The number of halogens is 1.